The van der Waals surface area contributed by atoms with Gasteiger partial charge in [0, 0.05) is 0 Å². The van der Waals surface area contributed by atoms with Gasteiger partial charge in [0.25, 0.3) is 0 Å². The topological polar surface area (TPSA) is 56.8 Å². The minimum absolute atomic E-state index is 0.0621. The number of methoxy groups -OCH3 is 1. The lowest BCUT2D eigenvalue weighted by molar-refractivity contribution is -0.120. The lowest BCUT2D eigenvalue weighted by atomic mass is 10.1. The van der Waals surface area contributed by atoms with Gasteiger partial charge in [0.1, 0.15) is 23.9 Å². The minimum Gasteiger partial charge on any atom is -0.497 e. The number of halogens is 2. The molecule has 0 aliphatic rings. The zero-order chi connectivity index (χ0) is 18.1. The second-order valence-corrected chi connectivity index (χ2v) is 5.07. The van der Waals surface area contributed by atoms with Crippen LogP contribution in [0.1, 0.15) is 5.56 Å². The molecule has 0 saturated carbocycles. The van der Waals surface area contributed by atoms with E-state index in [1.165, 1.54) is 12.1 Å². The van der Waals surface area contributed by atoms with Gasteiger partial charge in [-0.05, 0) is 42.0 Å². The van der Waals surface area contributed by atoms with Crippen molar-refractivity contribution in [3.63, 3.8) is 0 Å². The van der Waals surface area contributed by atoms with Crippen molar-refractivity contribution in [2.24, 2.45) is 0 Å². The molecule has 0 fully saturated rings. The number of rotatable bonds is 9. The highest BCUT2D eigenvalue weighted by Crippen LogP contribution is 2.17. The van der Waals surface area contributed by atoms with Crippen LogP contribution in [-0.2, 0) is 11.2 Å². The van der Waals surface area contributed by atoms with Gasteiger partial charge < -0.3 is 19.5 Å². The van der Waals surface area contributed by atoms with E-state index >= 15 is 0 Å². The van der Waals surface area contributed by atoms with E-state index in [1.807, 2.05) is 0 Å². The number of ether oxygens (including phenoxy) is 3. The standard InChI is InChI=1S/C18H19F2NO4/c1-23-14-6-8-15(9-7-14)24-11-10-21-17(22)12-13-2-4-16(5-3-13)25-18(19)20/h2-9,18H,10-12H2,1H3,(H,21,22). The SMILES string of the molecule is COc1ccc(OCCNC(=O)Cc2ccc(OC(F)F)cc2)cc1. The van der Waals surface area contributed by atoms with Crippen LogP contribution in [0.5, 0.6) is 17.2 Å². The molecular formula is C18H19F2NO4. The molecule has 0 aliphatic heterocycles. The van der Waals surface area contributed by atoms with E-state index in [-0.39, 0.29) is 18.1 Å². The Bertz CT molecular complexity index is 660. The second-order valence-electron chi connectivity index (χ2n) is 5.07. The normalized spacial score (nSPS) is 10.4. The molecule has 0 atom stereocenters. The van der Waals surface area contributed by atoms with Crippen molar-refractivity contribution in [1.29, 1.82) is 0 Å². The largest absolute Gasteiger partial charge is 0.497 e. The predicted octanol–water partition coefficient (Wildman–Crippen LogP) is 3.03. The highest BCUT2D eigenvalue weighted by molar-refractivity contribution is 5.78. The smallest absolute Gasteiger partial charge is 0.387 e. The van der Waals surface area contributed by atoms with Crippen molar-refractivity contribution >= 4 is 5.91 Å². The van der Waals surface area contributed by atoms with Crippen molar-refractivity contribution in [2.75, 3.05) is 20.3 Å². The molecule has 134 valence electrons. The van der Waals surface area contributed by atoms with Gasteiger partial charge in [-0.3, -0.25) is 4.79 Å². The molecule has 0 bridgehead atoms. The van der Waals surface area contributed by atoms with E-state index in [1.54, 1.807) is 43.5 Å². The number of hydrogen-bond acceptors (Lipinski definition) is 4. The molecule has 7 heteroatoms. The van der Waals surface area contributed by atoms with E-state index in [4.69, 9.17) is 9.47 Å². The molecule has 1 N–H and O–H groups in total. The third-order valence-corrected chi connectivity index (χ3v) is 3.27. The number of nitrogens with one attached hydrogen (secondary N) is 1. The first-order valence-electron chi connectivity index (χ1n) is 7.64. The molecule has 1 amide bonds. The molecule has 0 aromatic heterocycles. The van der Waals surface area contributed by atoms with E-state index in [0.29, 0.717) is 24.5 Å². The maximum atomic E-state index is 12.1. The summed E-state index contributed by atoms with van der Waals surface area (Å²) in [5.74, 6) is 1.31. The highest BCUT2D eigenvalue weighted by Gasteiger charge is 2.06. The molecule has 5 nitrogen and oxygen atoms in total. The first kappa shape index (κ1) is 18.5. The Hall–Kier alpha value is -2.83. The molecule has 0 aliphatic carbocycles. The Labute approximate surface area is 144 Å². The number of benzene rings is 2. The van der Waals surface area contributed by atoms with Gasteiger partial charge >= 0.3 is 6.61 Å². The molecule has 0 saturated heterocycles. The summed E-state index contributed by atoms with van der Waals surface area (Å²) in [6.45, 7) is -2.17. The molecule has 0 heterocycles. The van der Waals surface area contributed by atoms with Crippen molar-refractivity contribution in [3.8, 4) is 17.2 Å². The lowest BCUT2D eigenvalue weighted by Crippen LogP contribution is -2.29. The molecule has 2 rings (SSSR count). The second kappa shape index (κ2) is 9.46. The number of amides is 1. The molecular weight excluding hydrogens is 332 g/mol. The van der Waals surface area contributed by atoms with Gasteiger partial charge in [-0.2, -0.15) is 8.78 Å². The Balaban J connectivity index is 1.67. The Morgan fingerprint density at radius 3 is 2.20 bits per heavy atom. The molecule has 0 radical (unpaired) electrons. The lowest BCUT2D eigenvalue weighted by Gasteiger charge is -2.09. The summed E-state index contributed by atoms with van der Waals surface area (Å²) in [7, 11) is 1.59. The fraction of sp³-hybridized carbons (Fsp3) is 0.278. The van der Waals surface area contributed by atoms with E-state index < -0.39 is 6.61 Å². The monoisotopic (exact) mass is 351 g/mol. The summed E-state index contributed by atoms with van der Waals surface area (Å²) in [6.07, 6.45) is 0.150. The number of alkyl halides is 2. The van der Waals surface area contributed by atoms with Gasteiger partial charge in [0.05, 0.1) is 20.1 Å². The van der Waals surface area contributed by atoms with Crippen LogP contribution in [0.25, 0.3) is 0 Å². The predicted molar refractivity (Wildman–Crippen MR) is 88.3 cm³/mol. The van der Waals surface area contributed by atoms with Crippen LogP contribution in [0, 0.1) is 0 Å². The molecule has 25 heavy (non-hydrogen) atoms. The van der Waals surface area contributed by atoms with Crippen LogP contribution < -0.4 is 19.5 Å². The van der Waals surface area contributed by atoms with Crippen LogP contribution >= 0.6 is 0 Å². The zero-order valence-corrected chi connectivity index (χ0v) is 13.7. The van der Waals surface area contributed by atoms with Crippen LogP contribution in [-0.4, -0.2) is 32.8 Å². The quantitative estimate of drug-likeness (QED) is 0.706. The molecule has 2 aromatic carbocycles. The van der Waals surface area contributed by atoms with Gasteiger partial charge in [-0.25, -0.2) is 0 Å². The van der Waals surface area contributed by atoms with Crippen molar-refractivity contribution in [3.05, 3.63) is 54.1 Å². The Morgan fingerprint density at radius 1 is 1.00 bits per heavy atom. The summed E-state index contributed by atoms with van der Waals surface area (Å²) in [6, 6.07) is 13.1. The third kappa shape index (κ3) is 6.66. The Morgan fingerprint density at radius 2 is 1.60 bits per heavy atom. The third-order valence-electron chi connectivity index (χ3n) is 3.27. The maximum absolute atomic E-state index is 12.1. The first-order chi connectivity index (χ1) is 12.1. The van der Waals surface area contributed by atoms with Gasteiger partial charge in [0.15, 0.2) is 0 Å². The first-order valence-corrected chi connectivity index (χ1v) is 7.64. The fourth-order valence-corrected chi connectivity index (χ4v) is 2.07. The summed E-state index contributed by atoms with van der Waals surface area (Å²) in [4.78, 5) is 11.8. The van der Waals surface area contributed by atoms with E-state index in [9.17, 15) is 13.6 Å². The van der Waals surface area contributed by atoms with Crippen LogP contribution in [0.2, 0.25) is 0 Å². The number of carbonyl (C=O) groups is 1. The average molecular weight is 351 g/mol. The summed E-state index contributed by atoms with van der Waals surface area (Å²) >= 11 is 0. The fourth-order valence-electron chi connectivity index (χ4n) is 2.07. The van der Waals surface area contributed by atoms with Crippen molar-refractivity contribution in [1.82, 2.24) is 5.32 Å². The minimum atomic E-state index is -2.86. The summed E-state index contributed by atoms with van der Waals surface area (Å²) < 4.78 is 38.9. The summed E-state index contributed by atoms with van der Waals surface area (Å²) in [5, 5.41) is 2.73. The van der Waals surface area contributed by atoms with Crippen molar-refractivity contribution < 1.29 is 27.8 Å². The Kier molecular flexibility index (Phi) is 7.00. The molecule has 0 spiro atoms. The van der Waals surface area contributed by atoms with E-state index in [0.717, 1.165) is 5.75 Å². The van der Waals surface area contributed by atoms with Crippen LogP contribution in [0.3, 0.4) is 0 Å². The average Bonchev–Trinajstić information content (AvgIpc) is 2.60. The van der Waals surface area contributed by atoms with Gasteiger partial charge in [0.2, 0.25) is 5.91 Å². The van der Waals surface area contributed by atoms with Gasteiger partial charge in [-0.15, -0.1) is 0 Å². The molecule has 0 unspecified atom stereocenters. The number of hydrogen-bond donors (Lipinski definition) is 1. The molecule has 2 aromatic rings. The van der Waals surface area contributed by atoms with Crippen LogP contribution in [0.4, 0.5) is 8.78 Å². The number of carbonyl (C=O) groups excluding carboxylic acids is 1. The van der Waals surface area contributed by atoms with Crippen LogP contribution in [0.15, 0.2) is 48.5 Å². The maximum Gasteiger partial charge on any atom is 0.387 e. The zero-order valence-electron chi connectivity index (χ0n) is 13.7. The van der Waals surface area contributed by atoms with Gasteiger partial charge in [-0.1, -0.05) is 12.1 Å². The van der Waals surface area contributed by atoms with E-state index in [2.05, 4.69) is 10.1 Å². The van der Waals surface area contributed by atoms with Crippen molar-refractivity contribution in [2.45, 2.75) is 13.0 Å². The summed E-state index contributed by atoms with van der Waals surface area (Å²) in [5.41, 5.74) is 0.704. The highest BCUT2D eigenvalue weighted by atomic mass is 19.3.